The van der Waals surface area contributed by atoms with Crippen molar-refractivity contribution in [2.24, 2.45) is 0 Å². The highest BCUT2D eigenvalue weighted by atomic mass is 35.5. The number of halogens is 1. The predicted molar refractivity (Wildman–Crippen MR) is 114 cm³/mol. The first kappa shape index (κ1) is 21.8. The number of amides is 1. The molecule has 2 aromatic rings. The highest BCUT2D eigenvalue weighted by Gasteiger charge is 2.22. The maximum absolute atomic E-state index is 12.3. The monoisotopic (exact) mass is 418 g/mol. The van der Waals surface area contributed by atoms with Crippen LogP contribution < -0.4 is 5.32 Å². The smallest absolute Gasteiger partial charge is 0.226 e. The summed E-state index contributed by atoms with van der Waals surface area (Å²) in [4.78, 5) is 19.1. The number of nitrogens with zero attached hydrogens (tertiary/aromatic N) is 3. The molecule has 158 valence electrons. The molecule has 0 bridgehead atoms. The topological polar surface area (TPSA) is 71.3 Å². The van der Waals surface area contributed by atoms with Gasteiger partial charge in [-0.3, -0.25) is 9.69 Å². The molecule has 0 spiro atoms. The largest absolute Gasteiger partial charge is 0.353 e. The Morgan fingerprint density at radius 2 is 1.93 bits per heavy atom. The second-order valence-corrected chi connectivity index (χ2v) is 9.30. The van der Waals surface area contributed by atoms with Crippen molar-refractivity contribution in [1.82, 2.24) is 20.4 Å². The minimum Gasteiger partial charge on any atom is -0.353 e. The molecule has 0 radical (unpaired) electrons. The standard InChI is InChI=1S/C22H31ClN4O2/c1-22(2,3)21-25-20(29-26-21)6-4-5-19(28)24-18-11-13-27(14-12-18)15-16-7-9-17(23)10-8-16/h7-10,18H,4-6,11-15H2,1-3H3,(H,24,28). The molecular formula is C22H31ClN4O2. The van der Waals surface area contributed by atoms with Gasteiger partial charge in [-0.1, -0.05) is 49.7 Å². The van der Waals surface area contributed by atoms with E-state index in [0.717, 1.165) is 37.5 Å². The van der Waals surface area contributed by atoms with Crippen molar-refractivity contribution in [3.05, 3.63) is 46.6 Å². The number of hydrogen-bond donors (Lipinski definition) is 1. The van der Waals surface area contributed by atoms with Crippen LogP contribution in [0.1, 0.15) is 63.7 Å². The molecule has 2 heterocycles. The van der Waals surface area contributed by atoms with Crippen LogP contribution in [0.25, 0.3) is 0 Å². The fraction of sp³-hybridized carbons (Fsp3) is 0.591. The molecule has 1 N–H and O–H groups in total. The van der Waals surface area contributed by atoms with Gasteiger partial charge in [0, 0.05) is 49.0 Å². The Morgan fingerprint density at radius 1 is 1.24 bits per heavy atom. The van der Waals surface area contributed by atoms with E-state index in [4.69, 9.17) is 16.1 Å². The van der Waals surface area contributed by atoms with Gasteiger partial charge in [0.15, 0.2) is 5.82 Å². The summed E-state index contributed by atoms with van der Waals surface area (Å²) in [6.07, 6.45) is 3.80. The molecule has 1 saturated heterocycles. The number of hydrogen-bond acceptors (Lipinski definition) is 5. The lowest BCUT2D eigenvalue weighted by Crippen LogP contribution is -2.44. The van der Waals surface area contributed by atoms with Crippen molar-refractivity contribution >= 4 is 17.5 Å². The summed E-state index contributed by atoms with van der Waals surface area (Å²) in [6, 6.07) is 8.28. The minimum atomic E-state index is -0.123. The molecule has 0 aliphatic carbocycles. The van der Waals surface area contributed by atoms with Crippen LogP contribution in [0.5, 0.6) is 0 Å². The van der Waals surface area contributed by atoms with Crippen LogP contribution in [0.4, 0.5) is 0 Å². The summed E-state index contributed by atoms with van der Waals surface area (Å²) in [5.74, 6) is 1.43. The molecule has 0 saturated carbocycles. The number of carbonyl (C=O) groups is 1. The maximum Gasteiger partial charge on any atom is 0.226 e. The molecule has 1 amide bonds. The fourth-order valence-corrected chi connectivity index (χ4v) is 3.57. The number of rotatable bonds is 7. The number of nitrogens with one attached hydrogen (secondary N) is 1. The van der Waals surface area contributed by atoms with Crippen molar-refractivity contribution in [2.45, 2.75) is 70.9 Å². The number of likely N-dealkylation sites (tertiary alicyclic amines) is 1. The highest BCUT2D eigenvalue weighted by molar-refractivity contribution is 6.30. The summed E-state index contributed by atoms with van der Waals surface area (Å²) in [5.41, 5.74) is 1.15. The Bertz CT molecular complexity index is 790. The molecule has 1 aliphatic heterocycles. The van der Waals surface area contributed by atoms with Crippen LogP contribution in [-0.4, -0.2) is 40.1 Å². The molecule has 1 aliphatic rings. The van der Waals surface area contributed by atoms with E-state index in [1.54, 1.807) is 0 Å². The van der Waals surface area contributed by atoms with Gasteiger partial charge in [0.2, 0.25) is 11.8 Å². The van der Waals surface area contributed by atoms with Crippen LogP contribution in [0.2, 0.25) is 5.02 Å². The summed E-state index contributed by atoms with van der Waals surface area (Å²) < 4.78 is 5.28. The van der Waals surface area contributed by atoms with Gasteiger partial charge in [0.05, 0.1) is 0 Å². The van der Waals surface area contributed by atoms with E-state index in [2.05, 4.69) is 53.3 Å². The highest BCUT2D eigenvalue weighted by Crippen LogP contribution is 2.19. The number of piperidine rings is 1. The SMILES string of the molecule is CC(C)(C)c1noc(CCCC(=O)NC2CCN(Cc3ccc(Cl)cc3)CC2)n1. The lowest BCUT2D eigenvalue weighted by Gasteiger charge is -2.32. The van der Waals surface area contributed by atoms with E-state index in [0.29, 0.717) is 31.0 Å². The maximum atomic E-state index is 12.3. The second kappa shape index (κ2) is 9.72. The molecule has 6 nitrogen and oxygen atoms in total. The van der Waals surface area contributed by atoms with E-state index in [9.17, 15) is 4.79 Å². The van der Waals surface area contributed by atoms with Gasteiger partial charge in [-0.2, -0.15) is 4.98 Å². The zero-order valence-corrected chi connectivity index (χ0v) is 18.3. The first-order chi connectivity index (χ1) is 13.8. The fourth-order valence-electron chi connectivity index (χ4n) is 3.44. The average Bonchev–Trinajstić information content (AvgIpc) is 3.15. The third kappa shape index (κ3) is 6.82. The third-order valence-electron chi connectivity index (χ3n) is 5.21. The first-order valence-electron chi connectivity index (χ1n) is 10.4. The van der Waals surface area contributed by atoms with E-state index in [1.807, 2.05) is 12.1 Å². The summed E-state index contributed by atoms with van der Waals surface area (Å²) in [7, 11) is 0. The van der Waals surface area contributed by atoms with Crippen LogP contribution in [-0.2, 0) is 23.2 Å². The molecule has 0 atom stereocenters. The molecule has 1 aromatic heterocycles. The van der Waals surface area contributed by atoms with Gasteiger partial charge < -0.3 is 9.84 Å². The van der Waals surface area contributed by atoms with Crippen molar-refractivity contribution in [2.75, 3.05) is 13.1 Å². The van der Waals surface area contributed by atoms with Crippen LogP contribution in [0.3, 0.4) is 0 Å². The van der Waals surface area contributed by atoms with E-state index < -0.39 is 0 Å². The van der Waals surface area contributed by atoms with Gasteiger partial charge in [-0.05, 0) is 37.0 Å². The third-order valence-corrected chi connectivity index (χ3v) is 5.46. The van der Waals surface area contributed by atoms with E-state index >= 15 is 0 Å². The summed E-state index contributed by atoms with van der Waals surface area (Å²) >= 11 is 5.95. The van der Waals surface area contributed by atoms with Gasteiger partial charge in [-0.25, -0.2) is 0 Å². The molecule has 1 aromatic carbocycles. The van der Waals surface area contributed by atoms with Crippen molar-refractivity contribution in [1.29, 1.82) is 0 Å². The van der Waals surface area contributed by atoms with Gasteiger partial charge in [0.25, 0.3) is 0 Å². The zero-order chi connectivity index (χ0) is 20.9. The Labute approximate surface area is 178 Å². The Kier molecular flexibility index (Phi) is 7.30. The molecular weight excluding hydrogens is 388 g/mol. The Hall–Kier alpha value is -1.92. The van der Waals surface area contributed by atoms with E-state index in [1.165, 1.54) is 5.56 Å². The van der Waals surface area contributed by atoms with Gasteiger partial charge >= 0.3 is 0 Å². The number of carbonyl (C=O) groups excluding carboxylic acids is 1. The lowest BCUT2D eigenvalue weighted by atomic mass is 9.96. The quantitative estimate of drug-likeness (QED) is 0.732. The van der Waals surface area contributed by atoms with Crippen LogP contribution in [0, 0.1) is 0 Å². The number of aryl methyl sites for hydroxylation is 1. The van der Waals surface area contributed by atoms with E-state index in [-0.39, 0.29) is 17.4 Å². The normalized spacial score (nSPS) is 16.1. The molecule has 7 heteroatoms. The Morgan fingerprint density at radius 3 is 2.55 bits per heavy atom. The Balaban J connectivity index is 1.33. The lowest BCUT2D eigenvalue weighted by molar-refractivity contribution is -0.122. The predicted octanol–water partition coefficient (Wildman–Crippen LogP) is 4.12. The van der Waals surface area contributed by atoms with Crippen molar-refractivity contribution in [3.8, 4) is 0 Å². The second-order valence-electron chi connectivity index (χ2n) is 8.86. The van der Waals surface area contributed by atoms with Crippen molar-refractivity contribution in [3.63, 3.8) is 0 Å². The number of aromatic nitrogens is 2. The molecule has 0 unspecified atom stereocenters. The molecule has 3 rings (SSSR count). The van der Waals surface area contributed by atoms with Crippen LogP contribution in [0.15, 0.2) is 28.8 Å². The van der Waals surface area contributed by atoms with Crippen LogP contribution >= 0.6 is 11.6 Å². The minimum absolute atomic E-state index is 0.108. The molecule has 29 heavy (non-hydrogen) atoms. The average molecular weight is 419 g/mol. The summed E-state index contributed by atoms with van der Waals surface area (Å²) in [5, 5.41) is 7.97. The van der Waals surface area contributed by atoms with Gasteiger partial charge in [-0.15, -0.1) is 0 Å². The zero-order valence-electron chi connectivity index (χ0n) is 17.6. The first-order valence-corrected chi connectivity index (χ1v) is 10.8. The van der Waals surface area contributed by atoms with Crippen molar-refractivity contribution < 1.29 is 9.32 Å². The number of benzene rings is 1. The van der Waals surface area contributed by atoms with Gasteiger partial charge in [0.1, 0.15) is 0 Å². The summed E-state index contributed by atoms with van der Waals surface area (Å²) in [6.45, 7) is 9.07. The molecule has 1 fully saturated rings.